The summed E-state index contributed by atoms with van der Waals surface area (Å²) < 4.78 is 9.88. The summed E-state index contributed by atoms with van der Waals surface area (Å²) in [6.07, 6.45) is 1.23. The molecule has 0 aliphatic heterocycles. The van der Waals surface area contributed by atoms with Gasteiger partial charge in [0.2, 0.25) is 0 Å². The van der Waals surface area contributed by atoms with Gasteiger partial charge in [-0.25, -0.2) is 0 Å². The molecule has 0 bridgehead atoms. The van der Waals surface area contributed by atoms with Crippen LogP contribution in [-0.2, 0) is 16.0 Å². The van der Waals surface area contributed by atoms with Crippen LogP contribution in [-0.4, -0.2) is 26.0 Å². The van der Waals surface area contributed by atoms with Crippen molar-refractivity contribution in [3.63, 3.8) is 0 Å². The third-order valence-corrected chi connectivity index (χ3v) is 3.15. The van der Waals surface area contributed by atoms with E-state index < -0.39 is 11.9 Å². The number of aryl methyl sites for hydroxylation is 1. The second-order valence-corrected chi connectivity index (χ2v) is 4.24. The Labute approximate surface area is 113 Å². The number of hydrogen-bond acceptors (Lipinski definition) is 4. The van der Waals surface area contributed by atoms with Crippen molar-refractivity contribution in [3.8, 4) is 5.75 Å². The summed E-state index contributed by atoms with van der Waals surface area (Å²) in [6, 6.07) is 5.46. The topological polar surface area (TPSA) is 52.6 Å². The fraction of sp³-hybridized carbons (Fsp3) is 0.467. The highest BCUT2D eigenvalue weighted by Gasteiger charge is 2.28. The van der Waals surface area contributed by atoms with Crippen molar-refractivity contribution >= 4 is 11.8 Å². The first kappa shape index (κ1) is 15.2. The molecular formula is C15H20O4. The smallest absolute Gasteiger partial charge is 0.316 e. The van der Waals surface area contributed by atoms with E-state index in [1.807, 2.05) is 13.0 Å². The van der Waals surface area contributed by atoms with E-state index in [0.29, 0.717) is 17.7 Å². The van der Waals surface area contributed by atoms with Crippen LogP contribution in [0.2, 0.25) is 0 Å². The predicted molar refractivity (Wildman–Crippen MR) is 72.5 cm³/mol. The molecule has 0 aliphatic rings. The first-order chi connectivity index (χ1) is 9.08. The van der Waals surface area contributed by atoms with E-state index in [-0.39, 0.29) is 5.78 Å². The summed E-state index contributed by atoms with van der Waals surface area (Å²) >= 11 is 0. The molecule has 1 unspecified atom stereocenters. The first-order valence-corrected chi connectivity index (χ1v) is 6.37. The van der Waals surface area contributed by atoms with Crippen LogP contribution in [0, 0.1) is 5.92 Å². The zero-order valence-electron chi connectivity index (χ0n) is 11.9. The molecule has 0 aliphatic carbocycles. The van der Waals surface area contributed by atoms with Gasteiger partial charge in [-0.1, -0.05) is 19.9 Å². The van der Waals surface area contributed by atoms with Crippen LogP contribution in [0.15, 0.2) is 18.2 Å². The third-order valence-electron chi connectivity index (χ3n) is 3.15. The number of hydrogen-bond donors (Lipinski definition) is 0. The van der Waals surface area contributed by atoms with Gasteiger partial charge in [0, 0.05) is 0 Å². The largest absolute Gasteiger partial charge is 0.496 e. The Hall–Kier alpha value is -1.84. The maximum Gasteiger partial charge on any atom is 0.316 e. The average molecular weight is 264 g/mol. The molecule has 0 aromatic heterocycles. The molecule has 1 rings (SSSR count). The second-order valence-electron chi connectivity index (χ2n) is 4.24. The zero-order chi connectivity index (χ0) is 14.4. The summed E-state index contributed by atoms with van der Waals surface area (Å²) in [5.74, 6) is -1.03. The van der Waals surface area contributed by atoms with Gasteiger partial charge in [0.15, 0.2) is 5.78 Å². The Kier molecular flexibility index (Phi) is 5.55. The lowest BCUT2D eigenvalue weighted by atomic mass is 9.93. The number of carbonyl (C=O) groups excluding carboxylic acids is 2. The van der Waals surface area contributed by atoms with Gasteiger partial charge in [0.25, 0.3) is 0 Å². The van der Waals surface area contributed by atoms with E-state index >= 15 is 0 Å². The van der Waals surface area contributed by atoms with Gasteiger partial charge in [-0.15, -0.1) is 0 Å². The van der Waals surface area contributed by atoms with Crippen LogP contribution in [0.5, 0.6) is 5.75 Å². The molecule has 0 saturated heterocycles. The molecule has 0 saturated carbocycles. The van der Waals surface area contributed by atoms with Crippen molar-refractivity contribution in [1.29, 1.82) is 0 Å². The highest BCUT2D eigenvalue weighted by molar-refractivity contribution is 6.10. The minimum atomic E-state index is -0.772. The van der Waals surface area contributed by atoms with Crippen molar-refractivity contribution in [2.75, 3.05) is 14.2 Å². The van der Waals surface area contributed by atoms with Crippen LogP contribution in [0.1, 0.15) is 36.2 Å². The molecule has 0 radical (unpaired) electrons. The predicted octanol–water partition coefficient (Wildman–Crippen LogP) is 2.64. The summed E-state index contributed by atoms with van der Waals surface area (Å²) in [5.41, 5.74) is 1.47. The van der Waals surface area contributed by atoms with E-state index in [9.17, 15) is 9.59 Å². The van der Waals surface area contributed by atoms with Crippen molar-refractivity contribution < 1.29 is 19.1 Å². The van der Waals surface area contributed by atoms with Crippen LogP contribution in [0.25, 0.3) is 0 Å². The van der Waals surface area contributed by atoms with E-state index in [0.717, 1.165) is 12.0 Å². The van der Waals surface area contributed by atoms with Gasteiger partial charge >= 0.3 is 5.97 Å². The number of esters is 1. The highest BCUT2D eigenvalue weighted by Crippen LogP contribution is 2.25. The molecule has 0 heterocycles. The van der Waals surface area contributed by atoms with Gasteiger partial charge < -0.3 is 9.47 Å². The summed E-state index contributed by atoms with van der Waals surface area (Å²) in [4.78, 5) is 24.1. The van der Waals surface area contributed by atoms with Crippen LogP contribution in [0.3, 0.4) is 0 Å². The molecule has 4 heteroatoms. The van der Waals surface area contributed by atoms with Gasteiger partial charge in [0.1, 0.15) is 11.7 Å². The van der Waals surface area contributed by atoms with Crippen molar-refractivity contribution in [2.45, 2.75) is 26.7 Å². The quantitative estimate of drug-likeness (QED) is 0.450. The number of methoxy groups -OCH3 is 2. The lowest BCUT2D eigenvalue weighted by Gasteiger charge is -2.14. The molecular weight excluding hydrogens is 244 g/mol. The maximum atomic E-state index is 12.4. The Bertz CT molecular complexity index is 465. The molecule has 1 aromatic rings. The summed E-state index contributed by atoms with van der Waals surface area (Å²) in [6.45, 7) is 3.79. The molecule has 4 nitrogen and oxygen atoms in total. The number of ether oxygens (including phenoxy) is 2. The number of Topliss-reactive ketones (excluding diaryl/α,β-unsaturated/α-hetero) is 1. The number of benzene rings is 1. The first-order valence-electron chi connectivity index (χ1n) is 6.37. The van der Waals surface area contributed by atoms with Crippen molar-refractivity contribution in [3.05, 3.63) is 29.3 Å². The Morgan fingerprint density at radius 2 is 1.89 bits per heavy atom. The highest BCUT2D eigenvalue weighted by atomic mass is 16.5. The van der Waals surface area contributed by atoms with E-state index in [1.54, 1.807) is 19.1 Å². The van der Waals surface area contributed by atoms with Crippen molar-refractivity contribution in [2.24, 2.45) is 5.92 Å². The standard InChI is InChI=1S/C15H20O4/c1-5-10-7-8-13(18-3)12(9-10)14(16)11(6-2)15(17)19-4/h7-9,11H,5-6H2,1-4H3. The average Bonchev–Trinajstić information content (AvgIpc) is 2.46. The van der Waals surface area contributed by atoms with Crippen LogP contribution < -0.4 is 4.74 Å². The Morgan fingerprint density at radius 3 is 2.37 bits per heavy atom. The normalized spacial score (nSPS) is 11.8. The lowest BCUT2D eigenvalue weighted by molar-refractivity contribution is -0.143. The van der Waals surface area contributed by atoms with E-state index in [1.165, 1.54) is 14.2 Å². The van der Waals surface area contributed by atoms with Gasteiger partial charge in [-0.2, -0.15) is 0 Å². The monoisotopic (exact) mass is 264 g/mol. The Balaban J connectivity index is 3.19. The van der Waals surface area contributed by atoms with Gasteiger partial charge in [0.05, 0.1) is 19.8 Å². The molecule has 0 fully saturated rings. The van der Waals surface area contributed by atoms with Gasteiger partial charge in [-0.3, -0.25) is 9.59 Å². The molecule has 0 amide bonds. The number of carbonyl (C=O) groups is 2. The van der Waals surface area contributed by atoms with Crippen LogP contribution in [0.4, 0.5) is 0 Å². The fourth-order valence-electron chi connectivity index (χ4n) is 1.96. The Morgan fingerprint density at radius 1 is 1.21 bits per heavy atom. The minimum Gasteiger partial charge on any atom is -0.496 e. The number of rotatable bonds is 6. The van der Waals surface area contributed by atoms with Gasteiger partial charge in [-0.05, 0) is 30.5 Å². The van der Waals surface area contributed by atoms with Crippen LogP contribution >= 0.6 is 0 Å². The van der Waals surface area contributed by atoms with Crippen molar-refractivity contribution in [1.82, 2.24) is 0 Å². The molecule has 0 N–H and O–H groups in total. The molecule has 104 valence electrons. The second kappa shape index (κ2) is 6.92. The molecule has 1 atom stereocenters. The fourth-order valence-corrected chi connectivity index (χ4v) is 1.96. The summed E-state index contributed by atoms with van der Waals surface area (Å²) in [5, 5.41) is 0. The molecule has 19 heavy (non-hydrogen) atoms. The van der Waals surface area contributed by atoms with E-state index in [2.05, 4.69) is 4.74 Å². The third kappa shape index (κ3) is 3.34. The lowest BCUT2D eigenvalue weighted by Crippen LogP contribution is -2.25. The van der Waals surface area contributed by atoms with E-state index in [4.69, 9.17) is 4.74 Å². The zero-order valence-corrected chi connectivity index (χ0v) is 11.9. The summed E-state index contributed by atoms with van der Waals surface area (Å²) in [7, 11) is 2.80. The molecule has 1 aromatic carbocycles. The number of ketones is 1. The molecule has 0 spiro atoms. The SMILES string of the molecule is CCc1ccc(OC)c(C(=O)C(CC)C(=O)OC)c1. The maximum absolute atomic E-state index is 12.4. The minimum absolute atomic E-state index is 0.249.